The van der Waals surface area contributed by atoms with Gasteiger partial charge in [-0.3, -0.25) is 4.79 Å². The van der Waals surface area contributed by atoms with Crippen LogP contribution in [0.1, 0.15) is 41.3 Å². The molecular formula is C29H31N3O2. The third-order valence-corrected chi connectivity index (χ3v) is 6.76. The topological polar surface area (TPSA) is 47.4 Å². The second-order valence-corrected chi connectivity index (χ2v) is 9.22. The number of anilines is 1. The molecule has 5 nitrogen and oxygen atoms in total. The first-order valence-electron chi connectivity index (χ1n) is 12.0. The lowest BCUT2D eigenvalue weighted by Crippen LogP contribution is -2.26. The van der Waals surface area contributed by atoms with E-state index < -0.39 is 0 Å². The third-order valence-electron chi connectivity index (χ3n) is 6.76. The van der Waals surface area contributed by atoms with E-state index in [1.165, 1.54) is 0 Å². The number of ether oxygens (including phenoxy) is 1. The van der Waals surface area contributed by atoms with Crippen LogP contribution in [0.25, 0.3) is 11.0 Å². The lowest BCUT2D eigenvalue weighted by Gasteiger charge is -2.21. The molecule has 1 fully saturated rings. The van der Waals surface area contributed by atoms with Crippen molar-refractivity contribution in [3.05, 3.63) is 89.2 Å². The molecule has 1 aliphatic rings. The normalized spacial score (nSPS) is 15.9. The highest BCUT2D eigenvalue weighted by Gasteiger charge is 2.35. The van der Waals surface area contributed by atoms with E-state index in [9.17, 15) is 4.79 Å². The molecule has 1 aromatic heterocycles. The zero-order valence-corrected chi connectivity index (χ0v) is 20.1. The van der Waals surface area contributed by atoms with Crippen molar-refractivity contribution in [2.45, 2.75) is 46.1 Å². The summed E-state index contributed by atoms with van der Waals surface area (Å²) in [5.74, 6) is 2.17. The molecule has 0 aliphatic carbocycles. The predicted molar refractivity (Wildman–Crippen MR) is 137 cm³/mol. The quantitative estimate of drug-likeness (QED) is 0.325. The molecule has 0 N–H and O–H groups in total. The maximum absolute atomic E-state index is 13.1. The van der Waals surface area contributed by atoms with Gasteiger partial charge in [-0.2, -0.15) is 0 Å². The van der Waals surface area contributed by atoms with E-state index in [0.29, 0.717) is 19.6 Å². The van der Waals surface area contributed by atoms with Crippen LogP contribution < -0.4 is 9.64 Å². The lowest BCUT2D eigenvalue weighted by atomic mass is 10.1. The molecule has 34 heavy (non-hydrogen) atoms. The molecule has 4 aromatic rings. The summed E-state index contributed by atoms with van der Waals surface area (Å²) in [5, 5.41) is 0. The second-order valence-electron chi connectivity index (χ2n) is 9.22. The first-order chi connectivity index (χ1) is 16.5. The van der Waals surface area contributed by atoms with Crippen molar-refractivity contribution in [3.63, 3.8) is 0 Å². The highest BCUT2D eigenvalue weighted by molar-refractivity contribution is 5.98. The van der Waals surface area contributed by atoms with E-state index >= 15 is 0 Å². The molecular weight excluding hydrogens is 422 g/mol. The Bertz CT molecular complexity index is 1320. The summed E-state index contributed by atoms with van der Waals surface area (Å²) < 4.78 is 8.33. The minimum Gasteiger partial charge on any atom is -0.493 e. The number of para-hydroxylation sites is 4. The number of imidazole rings is 1. The van der Waals surface area contributed by atoms with Gasteiger partial charge in [0.05, 0.1) is 17.6 Å². The molecule has 5 heteroatoms. The first-order valence-corrected chi connectivity index (χ1v) is 12.0. The Morgan fingerprint density at radius 2 is 1.62 bits per heavy atom. The van der Waals surface area contributed by atoms with Crippen molar-refractivity contribution in [2.24, 2.45) is 0 Å². The number of hydrogen-bond donors (Lipinski definition) is 0. The number of amides is 1. The van der Waals surface area contributed by atoms with Gasteiger partial charge >= 0.3 is 0 Å². The van der Waals surface area contributed by atoms with Gasteiger partial charge in [0, 0.05) is 31.1 Å². The second kappa shape index (κ2) is 9.34. The standard InChI is InChI=1S/C29H31N3O2/c1-20-10-4-7-15-26(20)34-17-9-16-31-25-14-6-5-13-24(25)30-29(31)23-18-27(33)32(19-23)28-21(2)11-8-12-22(28)3/h4-8,10-15,23H,9,16-19H2,1-3H3. The van der Waals surface area contributed by atoms with Crippen LogP contribution in [0, 0.1) is 20.8 Å². The summed E-state index contributed by atoms with van der Waals surface area (Å²) in [4.78, 5) is 20.1. The van der Waals surface area contributed by atoms with Gasteiger partial charge in [-0.25, -0.2) is 4.98 Å². The van der Waals surface area contributed by atoms with E-state index in [-0.39, 0.29) is 11.8 Å². The molecule has 0 radical (unpaired) electrons. The monoisotopic (exact) mass is 453 g/mol. The maximum atomic E-state index is 13.1. The van der Waals surface area contributed by atoms with Crippen molar-refractivity contribution < 1.29 is 9.53 Å². The van der Waals surface area contributed by atoms with Crippen molar-refractivity contribution >= 4 is 22.6 Å². The lowest BCUT2D eigenvalue weighted by molar-refractivity contribution is -0.117. The van der Waals surface area contributed by atoms with Gasteiger partial charge in [-0.05, 0) is 62.1 Å². The van der Waals surface area contributed by atoms with Crippen LogP contribution in [0.5, 0.6) is 5.75 Å². The Hall–Kier alpha value is -3.60. The molecule has 1 atom stereocenters. The number of aryl methyl sites for hydroxylation is 4. The maximum Gasteiger partial charge on any atom is 0.227 e. The van der Waals surface area contributed by atoms with E-state index in [4.69, 9.17) is 9.72 Å². The number of fused-ring (bicyclic) bond motifs is 1. The summed E-state index contributed by atoms with van der Waals surface area (Å²) in [6.45, 7) is 8.31. The Morgan fingerprint density at radius 1 is 0.912 bits per heavy atom. The molecule has 1 amide bonds. The Labute approximate surface area is 201 Å². The van der Waals surface area contributed by atoms with Gasteiger partial charge < -0.3 is 14.2 Å². The number of carbonyl (C=O) groups excluding carboxylic acids is 1. The zero-order chi connectivity index (χ0) is 23.7. The fourth-order valence-electron chi connectivity index (χ4n) is 5.09. The summed E-state index contributed by atoms with van der Waals surface area (Å²) in [7, 11) is 0. The van der Waals surface area contributed by atoms with Gasteiger partial charge in [0.25, 0.3) is 0 Å². The molecule has 1 unspecified atom stereocenters. The smallest absolute Gasteiger partial charge is 0.227 e. The van der Waals surface area contributed by atoms with Crippen LogP contribution >= 0.6 is 0 Å². The van der Waals surface area contributed by atoms with Gasteiger partial charge in [0.2, 0.25) is 5.91 Å². The van der Waals surface area contributed by atoms with Crippen LogP contribution in [0.4, 0.5) is 5.69 Å². The molecule has 174 valence electrons. The number of rotatable bonds is 7. The van der Waals surface area contributed by atoms with E-state index in [1.807, 2.05) is 35.2 Å². The number of carbonyl (C=O) groups is 1. The summed E-state index contributed by atoms with van der Waals surface area (Å²) >= 11 is 0. The van der Waals surface area contributed by atoms with Gasteiger partial charge in [0.15, 0.2) is 0 Å². The molecule has 0 bridgehead atoms. The van der Waals surface area contributed by atoms with Crippen LogP contribution in [-0.4, -0.2) is 28.6 Å². The predicted octanol–water partition coefficient (Wildman–Crippen LogP) is 5.95. The van der Waals surface area contributed by atoms with Gasteiger partial charge in [-0.1, -0.05) is 48.5 Å². The first kappa shape index (κ1) is 22.2. The Morgan fingerprint density at radius 3 is 2.41 bits per heavy atom. The average molecular weight is 454 g/mol. The molecule has 5 rings (SSSR count). The Balaban J connectivity index is 1.38. The van der Waals surface area contributed by atoms with Gasteiger partial charge in [0.1, 0.15) is 11.6 Å². The van der Waals surface area contributed by atoms with E-state index in [1.54, 1.807) is 0 Å². The number of nitrogens with zero attached hydrogens (tertiary/aromatic N) is 3. The highest BCUT2D eigenvalue weighted by Crippen LogP contribution is 2.36. The SMILES string of the molecule is Cc1ccccc1OCCCn1c(C2CC(=O)N(c3c(C)cccc3C)C2)nc2ccccc21. The van der Waals surface area contributed by atoms with Crippen LogP contribution in [0.2, 0.25) is 0 Å². The fourth-order valence-corrected chi connectivity index (χ4v) is 5.09. The summed E-state index contributed by atoms with van der Waals surface area (Å²) in [6, 6.07) is 22.6. The minimum atomic E-state index is 0.0659. The molecule has 0 spiro atoms. The minimum absolute atomic E-state index is 0.0659. The van der Waals surface area contributed by atoms with Crippen LogP contribution in [0.15, 0.2) is 66.7 Å². The van der Waals surface area contributed by atoms with Crippen molar-refractivity contribution in [1.29, 1.82) is 0 Å². The Kier molecular flexibility index (Phi) is 6.10. The average Bonchev–Trinajstić information content (AvgIpc) is 3.38. The van der Waals surface area contributed by atoms with Gasteiger partial charge in [-0.15, -0.1) is 0 Å². The molecule has 1 saturated heterocycles. The number of hydrogen-bond acceptors (Lipinski definition) is 3. The summed E-state index contributed by atoms with van der Waals surface area (Å²) in [6.07, 6.45) is 1.35. The molecule has 1 aliphatic heterocycles. The van der Waals surface area contributed by atoms with E-state index in [0.717, 1.165) is 58.0 Å². The number of aromatic nitrogens is 2. The van der Waals surface area contributed by atoms with Crippen molar-refractivity contribution in [2.75, 3.05) is 18.1 Å². The molecule has 2 heterocycles. The molecule has 0 saturated carbocycles. The third kappa shape index (κ3) is 4.18. The van der Waals surface area contributed by atoms with Crippen molar-refractivity contribution in [3.8, 4) is 5.75 Å². The zero-order valence-electron chi connectivity index (χ0n) is 20.1. The highest BCUT2D eigenvalue weighted by atomic mass is 16.5. The number of benzene rings is 3. The summed E-state index contributed by atoms with van der Waals surface area (Å²) in [5.41, 5.74) is 6.56. The van der Waals surface area contributed by atoms with Crippen LogP contribution in [0.3, 0.4) is 0 Å². The van der Waals surface area contributed by atoms with Crippen LogP contribution in [-0.2, 0) is 11.3 Å². The fraction of sp³-hybridized carbons (Fsp3) is 0.310. The van der Waals surface area contributed by atoms with Crippen molar-refractivity contribution in [1.82, 2.24) is 9.55 Å². The molecule has 3 aromatic carbocycles. The largest absolute Gasteiger partial charge is 0.493 e. The van der Waals surface area contributed by atoms with E-state index in [2.05, 4.69) is 61.7 Å².